The quantitative estimate of drug-likeness (QED) is 0.850. The standard InChI is InChI=1S/C11H11ClN6/c1-4-11(2,3)17-9-14-8(12)15-10(16-9)18-7-5-6-13-18/h1,5-7H,2-3H3,(H,14,15,16,17). The van der Waals surface area contributed by atoms with Gasteiger partial charge in [-0.05, 0) is 31.5 Å². The largest absolute Gasteiger partial charge is 0.338 e. The van der Waals surface area contributed by atoms with Gasteiger partial charge in [0, 0.05) is 12.4 Å². The Morgan fingerprint density at radius 3 is 2.78 bits per heavy atom. The molecule has 2 rings (SSSR count). The van der Waals surface area contributed by atoms with E-state index in [1.807, 2.05) is 13.8 Å². The van der Waals surface area contributed by atoms with Crippen LogP contribution in [0.2, 0.25) is 5.28 Å². The minimum atomic E-state index is -0.577. The molecule has 0 amide bonds. The monoisotopic (exact) mass is 262 g/mol. The van der Waals surface area contributed by atoms with E-state index in [1.165, 1.54) is 4.68 Å². The highest BCUT2D eigenvalue weighted by molar-refractivity contribution is 6.28. The van der Waals surface area contributed by atoms with Crippen LogP contribution < -0.4 is 5.32 Å². The molecule has 92 valence electrons. The molecule has 2 heterocycles. The first-order valence-corrected chi connectivity index (χ1v) is 5.55. The van der Waals surface area contributed by atoms with Crippen molar-refractivity contribution in [3.05, 3.63) is 23.7 Å². The van der Waals surface area contributed by atoms with E-state index in [4.69, 9.17) is 18.0 Å². The molecule has 0 unspecified atom stereocenters. The Balaban J connectivity index is 2.37. The van der Waals surface area contributed by atoms with Gasteiger partial charge in [-0.2, -0.15) is 20.1 Å². The number of nitrogens with one attached hydrogen (secondary N) is 1. The second-order valence-electron chi connectivity index (χ2n) is 4.07. The van der Waals surface area contributed by atoms with E-state index in [1.54, 1.807) is 18.5 Å². The second-order valence-corrected chi connectivity index (χ2v) is 4.41. The van der Waals surface area contributed by atoms with Crippen molar-refractivity contribution in [2.75, 3.05) is 5.32 Å². The van der Waals surface area contributed by atoms with E-state index in [-0.39, 0.29) is 5.28 Å². The number of rotatable bonds is 3. The van der Waals surface area contributed by atoms with Crippen molar-refractivity contribution in [1.82, 2.24) is 24.7 Å². The third-order valence-electron chi connectivity index (χ3n) is 2.09. The molecule has 18 heavy (non-hydrogen) atoms. The van der Waals surface area contributed by atoms with Gasteiger partial charge in [0.25, 0.3) is 5.95 Å². The lowest BCUT2D eigenvalue weighted by Gasteiger charge is -2.19. The van der Waals surface area contributed by atoms with Crippen LogP contribution >= 0.6 is 11.6 Å². The highest BCUT2D eigenvalue weighted by Crippen LogP contribution is 2.13. The van der Waals surface area contributed by atoms with Gasteiger partial charge in [0.2, 0.25) is 11.2 Å². The molecule has 0 aliphatic heterocycles. The highest BCUT2D eigenvalue weighted by Gasteiger charge is 2.16. The number of hydrogen-bond donors (Lipinski definition) is 1. The zero-order valence-electron chi connectivity index (χ0n) is 9.92. The Labute approximate surface area is 109 Å². The molecule has 0 aliphatic rings. The van der Waals surface area contributed by atoms with Crippen LogP contribution in [0.1, 0.15) is 13.8 Å². The van der Waals surface area contributed by atoms with Gasteiger partial charge in [-0.25, -0.2) is 4.68 Å². The van der Waals surface area contributed by atoms with E-state index in [2.05, 4.69) is 31.3 Å². The number of terminal acetylenes is 1. The molecule has 7 heteroatoms. The predicted octanol–water partition coefficient (Wildman–Crippen LogP) is 1.53. The average molecular weight is 263 g/mol. The third-order valence-corrected chi connectivity index (χ3v) is 2.26. The summed E-state index contributed by atoms with van der Waals surface area (Å²) in [6, 6.07) is 1.76. The number of nitrogens with zero attached hydrogens (tertiary/aromatic N) is 5. The van der Waals surface area contributed by atoms with E-state index >= 15 is 0 Å². The van der Waals surface area contributed by atoms with Crippen molar-refractivity contribution in [3.8, 4) is 18.3 Å². The van der Waals surface area contributed by atoms with Crippen LogP contribution in [0.4, 0.5) is 5.95 Å². The van der Waals surface area contributed by atoms with Crippen molar-refractivity contribution in [3.63, 3.8) is 0 Å². The summed E-state index contributed by atoms with van der Waals surface area (Å²) in [5, 5.41) is 7.08. The molecule has 0 radical (unpaired) electrons. The Bertz CT molecular complexity index is 584. The van der Waals surface area contributed by atoms with Crippen molar-refractivity contribution in [2.24, 2.45) is 0 Å². The van der Waals surface area contributed by atoms with Crippen LogP contribution in [-0.2, 0) is 0 Å². The van der Waals surface area contributed by atoms with E-state index < -0.39 is 5.54 Å². The first-order valence-electron chi connectivity index (χ1n) is 5.18. The Hall–Kier alpha value is -2.13. The molecular weight excluding hydrogens is 252 g/mol. The van der Waals surface area contributed by atoms with E-state index in [9.17, 15) is 0 Å². The Kier molecular flexibility index (Phi) is 3.17. The molecule has 2 aromatic rings. The van der Waals surface area contributed by atoms with Gasteiger partial charge in [-0.3, -0.25) is 0 Å². The van der Waals surface area contributed by atoms with Gasteiger partial charge in [0.1, 0.15) is 0 Å². The second kappa shape index (κ2) is 4.63. The first kappa shape index (κ1) is 12.3. The first-order chi connectivity index (χ1) is 8.50. The van der Waals surface area contributed by atoms with Crippen molar-refractivity contribution in [1.29, 1.82) is 0 Å². The summed E-state index contributed by atoms with van der Waals surface area (Å²) in [4.78, 5) is 12.2. The van der Waals surface area contributed by atoms with Gasteiger partial charge in [0.15, 0.2) is 0 Å². The summed E-state index contributed by atoms with van der Waals surface area (Å²) in [5.74, 6) is 3.22. The number of anilines is 1. The van der Waals surface area contributed by atoms with Crippen LogP contribution in [0, 0.1) is 12.3 Å². The SMILES string of the molecule is C#CC(C)(C)Nc1nc(Cl)nc(-n2cccn2)n1. The predicted molar refractivity (Wildman–Crippen MR) is 68.5 cm³/mol. The fourth-order valence-corrected chi connectivity index (χ4v) is 1.36. The molecule has 0 bridgehead atoms. The molecule has 0 aliphatic carbocycles. The number of aromatic nitrogens is 5. The highest BCUT2D eigenvalue weighted by atomic mass is 35.5. The molecule has 0 saturated heterocycles. The molecule has 0 atom stereocenters. The maximum absolute atomic E-state index is 5.84. The van der Waals surface area contributed by atoms with Crippen molar-refractivity contribution >= 4 is 17.5 Å². The average Bonchev–Trinajstić information content (AvgIpc) is 2.81. The van der Waals surface area contributed by atoms with Gasteiger partial charge in [-0.15, -0.1) is 6.42 Å². The third kappa shape index (κ3) is 2.76. The normalized spacial score (nSPS) is 11.0. The molecule has 0 spiro atoms. The van der Waals surface area contributed by atoms with Gasteiger partial charge in [-0.1, -0.05) is 5.92 Å². The van der Waals surface area contributed by atoms with Crippen LogP contribution in [0.15, 0.2) is 18.5 Å². The summed E-state index contributed by atoms with van der Waals surface area (Å²) in [6.07, 6.45) is 8.72. The van der Waals surface area contributed by atoms with Crippen LogP contribution in [0.5, 0.6) is 0 Å². The van der Waals surface area contributed by atoms with Crippen molar-refractivity contribution in [2.45, 2.75) is 19.4 Å². The molecule has 2 aromatic heterocycles. The van der Waals surface area contributed by atoms with Crippen LogP contribution in [-0.4, -0.2) is 30.3 Å². The summed E-state index contributed by atoms with van der Waals surface area (Å²) >= 11 is 5.84. The molecule has 1 N–H and O–H groups in total. The minimum Gasteiger partial charge on any atom is -0.338 e. The van der Waals surface area contributed by atoms with Crippen LogP contribution in [0.3, 0.4) is 0 Å². The minimum absolute atomic E-state index is 0.0748. The van der Waals surface area contributed by atoms with E-state index in [0.29, 0.717) is 11.9 Å². The maximum atomic E-state index is 5.84. The van der Waals surface area contributed by atoms with Crippen LogP contribution in [0.25, 0.3) is 5.95 Å². The van der Waals surface area contributed by atoms with Crippen molar-refractivity contribution < 1.29 is 0 Å². The number of halogens is 1. The van der Waals surface area contributed by atoms with Gasteiger partial charge < -0.3 is 5.32 Å². The summed E-state index contributed by atoms with van der Waals surface area (Å²) < 4.78 is 1.49. The lowest BCUT2D eigenvalue weighted by atomic mass is 10.1. The smallest absolute Gasteiger partial charge is 0.256 e. The zero-order valence-corrected chi connectivity index (χ0v) is 10.7. The fourth-order valence-electron chi connectivity index (χ4n) is 1.20. The summed E-state index contributed by atoms with van der Waals surface area (Å²) in [5.41, 5.74) is -0.577. The molecular formula is C11H11ClN6. The zero-order chi connectivity index (χ0) is 13.2. The summed E-state index contributed by atoms with van der Waals surface area (Å²) in [7, 11) is 0. The summed E-state index contributed by atoms with van der Waals surface area (Å²) in [6.45, 7) is 3.66. The van der Waals surface area contributed by atoms with E-state index in [0.717, 1.165) is 0 Å². The Morgan fingerprint density at radius 2 is 2.17 bits per heavy atom. The topological polar surface area (TPSA) is 68.5 Å². The lowest BCUT2D eigenvalue weighted by Crippen LogP contribution is -2.30. The number of hydrogen-bond acceptors (Lipinski definition) is 5. The molecule has 0 fully saturated rings. The molecule has 6 nitrogen and oxygen atoms in total. The lowest BCUT2D eigenvalue weighted by molar-refractivity contribution is 0.718. The maximum Gasteiger partial charge on any atom is 0.256 e. The fraction of sp³-hybridized carbons (Fsp3) is 0.273. The molecule has 0 saturated carbocycles. The Morgan fingerprint density at radius 1 is 1.39 bits per heavy atom. The van der Waals surface area contributed by atoms with Gasteiger partial charge in [0.05, 0.1) is 5.54 Å². The van der Waals surface area contributed by atoms with Gasteiger partial charge >= 0.3 is 0 Å². The molecule has 0 aromatic carbocycles.